The van der Waals surface area contributed by atoms with Gasteiger partial charge in [-0.3, -0.25) is 10.1 Å². The van der Waals surface area contributed by atoms with Gasteiger partial charge in [0.1, 0.15) is 16.1 Å². The number of aliphatic hydroxyl groups excluding tert-OH is 1. The maximum atomic E-state index is 10.5. The van der Waals surface area contributed by atoms with Gasteiger partial charge in [0.05, 0.1) is 4.92 Å². The number of aliphatic hydroxyl groups is 1. The molecule has 4 nitrogen and oxygen atoms in total. The molecule has 0 radical (unpaired) electrons. The number of benzene rings is 1. The van der Waals surface area contributed by atoms with E-state index in [1.807, 2.05) is 0 Å². The van der Waals surface area contributed by atoms with Crippen LogP contribution in [0.15, 0.2) is 12.1 Å². The minimum absolute atomic E-state index is 0.126. The molecule has 0 bridgehead atoms. The number of rotatable bonds is 3. The number of thiocarbonyl (C=S) groups is 1. The Bertz CT molecular complexity index is 401. The Balaban J connectivity index is 3.31. The molecule has 1 unspecified atom stereocenters. The lowest BCUT2D eigenvalue weighted by Crippen LogP contribution is -1.99. The van der Waals surface area contributed by atoms with Gasteiger partial charge in [-0.2, -0.15) is 0 Å². The predicted octanol–water partition coefficient (Wildman–Crippen LogP) is 2.93. The third-order valence-electron chi connectivity index (χ3n) is 1.69. The zero-order chi connectivity index (χ0) is 11.6. The van der Waals surface area contributed by atoms with Crippen molar-refractivity contribution in [2.24, 2.45) is 0 Å². The quantitative estimate of drug-likeness (QED) is 0.519. The van der Waals surface area contributed by atoms with E-state index in [4.69, 9.17) is 23.2 Å². The molecule has 0 saturated carbocycles. The third kappa shape index (κ3) is 2.63. The molecule has 15 heavy (non-hydrogen) atoms. The molecule has 0 aliphatic carbocycles. The molecule has 0 aromatic heterocycles. The van der Waals surface area contributed by atoms with Gasteiger partial charge in [0.25, 0.3) is 0 Å². The predicted molar refractivity (Wildman–Crippen MR) is 61.7 cm³/mol. The molecule has 0 aliphatic heterocycles. The van der Waals surface area contributed by atoms with E-state index in [0.29, 0.717) is 5.56 Å². The van der Waals surface area contributed by atoms with Crippen LogP contribution in [0.5, 0.6) is 0 Å². The van der Waals surface area contributed by atoms with Crippen molar-refractivity contribution in [2.45, 2.75) is 6.10 Å². The van der Waals surface area contributed by atoms with Gasteiger partial charge >= 0.3 is 5.69 Å². The van der Waals surface area contributed by atoms with Crippen LogP contribution >= 0.6 is 35.4 Å². The molecule has 0 saturated heterocycles. The fourth-order valence-electron chi connectivity index (χ4n) is 1.01. The van der Waals surface area contributed by atoms with E-state index < -0.39 is 11.0 Å². The summed E-state index contributed by atoms with van der Waals surface area (Å²) in [6, 6.07) is 2.53. The largest absolute Gasteiger partial charge is 0.383 e. The van der Waals surface area contributed by atoms with Crippen molar-refractivity contribution < 1.29 is 10.0 Å². The first kappa shape index (κ1) is 12.3. The van der Waals surface area contributed by atoms with Crippen molar-refractivity contribution in [3.63, 3.8) is 0 Å². The van der Waals surface area contributed by atoms with Gasteiger partial charge in [-0.1, -0.05) is 35.4 Å². The van der Waals surface area contributed by atoms with Gasteiger partial charge in [0.15, 0.2) is 0 Å². The summed E-state index contributed by atoms with van der Waals surface area (Å²) in [4.78, 5) is 9.86. The van der Waals surface area contributed by atoms with Gasteiger partial charge in [0, 0.05) is 5.37 Å². The zero-order valence-electron chi connectivity index (χ0n) is 7.18. The Morgan fingerprint density at radius 1 is 1.47 bits per heavy atom. The summed E-state index contributed by atoms with van der Waals surface area (Å²) in [6.45, 7) is 0. The van der Waals surface area contributed by atoms with Crippen molar-refractivity contribution in [3.8, 4) is 0 Å². The van der Waals surface area contributed by atoms with Crippen molar-refractivity contribution in [1.29, 1.82) is 0 Å². The normalized spacial score (nSPS) is 12.2. The molecular formula is C8H5Cl2NO3S. The summed E-state index contributed by atoms with van der Waals surface area (Å²) < 4.78 is 0. The lowest BCUT2D eigenvalue weighted by Gasteiger charge is -2.06. The highest BCUT2D eigenvalue weighted by Gasteiger charge is 2.20. The van der Waals surface area contributed by atoms with Crippen molar-refractivity contribution in [1.82, 2.24) is 0 Å². The second-order valence-electron chi connectivity index (χ2n) is 2.67. The Morgan fingerprint density at radius 2 is 1.93 bits per heavy atom. The molecule has 0 amide bonds. The van der Waals surface area contributed by atoms with Crippen LogP contribution in [-0.4, -0.2) is 15.4 Å². The van der Waals surface area contributed by atoms with E-state index in [1.54, 1.807) is 0 Å². The van der Waals surface area contributed by atoms with Crippen molar-refractivity contribution in [2.75, 3.05) is 0 Å². The van der Waals surface area contributed by atoms with Crippen LogP contribution in [0.2, 0.25) is 10.0 Å². The number of hydrogen-bond acceptors (Lipinski definition) is 4. The van der Waals surface area contributed by atoms with E-state index in [1.165, 1.54) is 12.1 Å². The van der Waals surface area contributed by atoms with Gasteiger partial charge in [-0.05, 0) is 17.7 Å². The Hall–Kier alpha value is -0.750. The zero-order valence-corrected chi connectivity index (χ0v) is 9.51. The lowest BCUT2D eigenvalue weighted by molar-refractivity contribution is -0.384. The number of nitro benzene ring substituents is 1. The standard InChI is InChI=1S/C8H5Cl2NO3S/c9-5-1-4(7(12)3-15)2-6(10)8(5)11(13)14/h1-3,7,12H. The van der Waals surface area contributed by atoms with Crippen LogP contribution in [0.3, 0.4) is 0 Å². The van der Waals surface area contributed by atoms with E-state index >= 15 is 0 Å². The summed E-state index contributed by atoms with van der Waals surface area (Å²) in [6.07, 6.45) is -1.02. The molecule has 0 spiro atoms. The topological polar surface area (TPSA) is 63.4 Å². The number of nitro groups is 1. The molecule has 0 aliphatic rings. The highest BCUT2D eigenvalue weighted by Crippen LogP contribution is 2.34. The second kappa shape index (κ2) is 4.85. The Morgan fingerprint density at radius 3 is 2.27 bits per heavy atom. The van der Waals surface area contributed by atoms with E-state index in [2.05, 4.69) is 12.2 Å². The second-order valence-corrected chi connectivity index (χ2v) is 3.76. The number of halogens is 2. The van der Waals surface area contributed by atoms with Crippen LogP contribution < -0.4 is 0 Å². The van der Waals surface area contributed by atoms with Crippen LogP contribution in [0.1, 0.15) is 11.7 Å². The lowest BCUT2D eigenvalue weighted by atomic mass is 10.1. The first-order valence-corrected chi connectivity index (χ1v) is 4.96. The van der Waals surface area contributed by atoms with Gasteiger partial charge in [-0.15, -0.1) is 0 Å². The molecule has 7 heteroatoms. The Kier molecular flexibility index (Phi) is 3.98. The number of hydrogen-bond donors (Lipinski definition) is 1. The summed E-state index contributed by atoms with van der Waals surface area (Å²) in [5.41, 5.74) is -0.0516. The van der Waals surface area contributed by atoms with Gasteiger partial charge in [-0.25, -0.2) is 0 Å². The highest BCUT2D eigenvalue weighted by molar-refractivity contribution is 7.79. The van der Waals surface area contributed by atoms with Crippen LogP contribution in [0.4, 0.5) is 5.69 Å². The molecule has 1 N–H and O–H groups in total. The average Bonchev–Trinajstić information content (AvgIpc) is 2.14. The molecular weight excluding hydrogens is 261 g/mol. The average molecular weight is 266 g/mol. The molecule has 0 heterocycles. The highest BCUT2D eigenvalue weighted by atomic mass is 35.5. The van der Waals surface area contributed by atoms with Crippen molar-refractivity contribution in [3.05, 3.63) is 37.9 Å². The summed E-state index contributed by atoms with van der Waals surface area (Å²) >= 11 is 15.8. The van der Waals surface area contributed by atoms with E-state index in [9.17, 15) is 15.2 Å². The first-order valence-electron chi connectivity index (χ1n) is 3.74. The molecule has 0 fully saturated rings. The fourth-order valence-corrected chi connectivity index (χ4v) is 1.81. The molecule has 1 atom stereocenters. The smallest absolute Gasteiger partial charge is 0.306 e. The molecule has 1 aromatic rings. The summed E-state index contributed by atoms with van der Waals surface area (Å²) in [5, 5.41) is 20.8. The van der Waals surface area contributed by atoms with Crippen LogP contribution in [-0.2, 0) is 0 Å². The SMILES string of the molecule is O=[N+]([O-])c1c(Cl)cc(C(O)C=S)cc1Cl. The first-order chi connectivity index (χ1) is 6.97. The van der Waals surface area contributed by atoms with E-state index in [0.717, 1.165) is 5.37 Å². The fraction of sp³-hybridized carbons (Fsp3) is 0.125. The van der Waals surface area contributed by atoms with E-state index in [-0.39, 0.29) is 15.7 Å². The van der Waals surface area contributed by atoms with Crippen LogP contribution in [0.25, 0.3) is 0 Å². The number of nitrogens with zero attached hydrogens (tertiary/aromatic N) is 1. The minimum Gasteiger partial charge on any atom is -0.383 e. The third-order valence-corrected chi connectivity index (χ3v) is 2.53. The summed E-state index contributed by atoms with van der Waals surface area (Å²) in [7, 11) is 0. The molecule has 1 aromatic carbocycles. The summed E-state index contributed by atoms with van der Waals surface area (Å²) in [5.74, 6) is 0. The van der Waals surface area contributed by atoms with Crippen LogP contribution in [0, 0.1) is 10.1 Å². The molecule has 1 rings (SSSR count). The van der Waals surface area contributed by atoms with Gasteiger partial charge < -0.3 is 5.11 Å². The molecule has 80 valence electrons. The van der Waals surface area contributed by atoms with Gasteiger partial charge in [0.2, 0.25) is 0 Å². The monoisotopic (exact) mass is 265 g/mol. The van der Waals surface area contributed by atoms with Crippen molar-refractivity contribution >= 4 is 46.5 Å². The Labute approximate surface area is 101 Å². The minimum atomic E-state index is -1.02. The maximum Gasteiger partial charge on any atom is 0.306 e. The maximum absolute atomic E-state index is 10.5.